The lowest BCUT2D eigenvalue weighted by Gasteiger charge is -2.25. The van der Waals surface area contributed by atoms with Gasteiger partial charge in [0.15, 0.2) is 0 Å². The highest BCUT2D eigenvalue weighted by Crippen LogP contribution is 2.23. The first-order chi connectivity index (χ1) is 10.4. The Labute approximate surface area is 137 Å². The molecule has 0 aliphatic carbocycles. The largest absolute Gasteiger partial charge is 0.360 e. The van der Waals surface area contributed by atoms with Crippen LogP contribution < -0.4 is 5.43 Å². The number of pyridine rings is 1. The van der Waals surface area contributed by atoms with Crippen molar-refractivity contribution in [1.29, 1.82) is 0 Å². The van der Waals surface area contributed by atoms with Crippen LogP contribution in [0.5, 0.6) is 0 Å². The molecular formula is C14H15ClN2O3S2. The summed E-state index contributed by atoms with van der Waals surface area (Å²) < 4.78 is 26.7. The van der Waals surface area contributed by atoms with Crippen molar-refractivity contribution < 1.29 is 8.42 Å². The number of aryl methyl sites for hydroxylation is 1. The topological polar surface area (TPSA) is 70.2 Å². The predicted octanol–water partition coefficient (Wildman–Crippen LogP) is 2.23. The van der Waals surface area contributed by atoms with Gasteiger partial charge in [0.2, 0.25) is 15.5 Å². The van der Waals surface area contributed by atoms with Crippen molar-refractivity contribution in [3.63, 3.8) is 0 Å². The van der Waals surface area contributed by atoms with Gasteiger partial charge < -0.3 is 4.98 Å². The number of rotatable bonds is 2. The summed E-state index contributed by atoms with van der Waals surface area (Å²) in [5.74, 6) is 1.49. The van der Waals surface area contributed by atoms with Crippen LogP contribution in [-0.4, -0.2) is 42.3 Å². The maximum atomic E-state index is 12.7. The fourth-order valence-corrected chi connectivity index (χ4v) is 5.24. The number of hydrogen-bond donors (Lipinski definition) is 1. The second-order valence-electron chi connectivity index (χ2n) is 5.15. The van der Waals surface area contributed by atoms with E-state index in [-0.39, 0.29) is 4.90 Å². The second kappa shape index (κ2) is 5.88. The van der Waals surface area contributed by atoms with Crippen molar-refractivity contribution in [1.82, 2.24) is 9.29 Å². The Balaban J connectivity index is 2.17. The highest BCUT2D eigenvalue weighted by Gasteiger charge is 2.29. The summed E-state index contributed by atoms with van der Waals surface area (Å²) in [6.07, 6.45) is 1.29. The molecule has 2 aromatic rings. The van der Waals surface area contributed by atoms with Crippen molar-refractivity contribution in [2.45, 2.75) is 11.8 Å². The number of fused-ring (bicyclic) bond motifs is 1. The first-order valence-corrected chi connectivity index (χ1v) is 9.78. The predicted molar refractivity (Wildman–Crippen MR) is 90.4 cm³/mol. The van der Waals surface area contributed by atoms with Gasteiger partial charge in [0.25, 0.3) is 0 Å². The molecule has 0 atom stereocenters. The Morgan fingerprint density at radius 2 is 1.95 bits per heavy atom. The van der Waals surface area contributed by atoms with Crippen LogP contribution in [0.15, 0.2) is 28.0 Å². The van der Waals surface area contributed by atoms with Crippen LogP contribution in [0.2, 0.25) is 5.02 Å². The van der Waals surface area contributed by atoms with E-state index in [9.17, 15) is 13.2 Å². The molecule has 1 N–H and O–H groups in total. The molecule has 0 saturated carbocycles. The van der Waals surface area contributed by atoms with Gasteiger partial charge in [0, 0.05) is 46.7 Å². The lowest BCUT2D eigenvalue weighted by molar-refractivity contribution is 0.443. The van der Waals surface area contributed by atoms with Gasteiger partial charge in [0.1, 0.15) is 4.90 Å². The molecule has 8 heteroatoms. The number of aromatic nitrogens is 1. The molecule has 2 heterocycles. The monoisotopic (exact) mass is 358 g/mol. The fourth-order valence-electron chi connectivity index (χ4n) is 2.45. The molecule has 0 spiro atoms. The molecule has 1 aliphatic rings. The summed E-state index contributed by atoms with van der Waals surface area (Å²) in [5.41, 5.74) is 0.905. The van der Waals surface area contributed by atoms with Crippen LogP contribution in [-0.2, 0) is 10.0 Å². The zero-order valence-electron chi connectivity index (χ0n) is 11.9. The highest BCUT2D eigenvalue weighted by atomic mass is 35.5. The van der Waals surface area contributed by atoms with E-state index in [2.05, 4.69) is 4.98 Å². The summed E-state index contributed by atoms with van der Waals surface area (Å²) in [6.45, 7) is 2.69. The lowest BCUT2D eigenvalue weighted by atomic mass is 10.1. The fraction of sp³-hybridized carbons (Fsp3) is 0.357. The summed E-state index contributed by atoms with van der Waals surface area (Å²) in [6, 6.07) is 3.27. The number of hydrogen-bond acceptors (Lipinski definition) is 4. The molecule has 1 saturated heterocycles. The molecule has 0 bridgehead atoms. The van der Waals surface area contributed by atoms with E-state index in [1.807, 2.05) is 6.92 Å². The van der Waals surface area contributed by atoms with E-state index < -0.39 is 15.5 Å². The maximum absolute atomic E-state index is 12.7. The molecule has 118 valence electrons. The van der Waals surface area contributed by atoms with Gasteiger partial charge in [-0.1, -0.05) is 11.6 Å². The quantitative estimate of drug-likeness (QED) is 0.893. The Morgan fingerprint density at radius 3 is 2.64 bits per heavy atom. The van der Waals surface area contributed by atoms with Crippen LogP contribution in [0.1, 0.15) is 5.56 Å². The minimum atomic E-state index is -3.77. The van der Waals surface area contributed by atoms with E-state index in [1.165, 1.54) is 16.6 Å². The molecule has 1 aromatic carbocycles. The molecule has 0 radical (unpaired) electrons. The molecule has 3 rings (SSSR count). The van der Waals surface area contributed by atoms with Crippen molar-refractivity contribution in [2.24, 2.45) is 0 Å². The number of thioether (sulfide) groups is 1. The maximum Gasteiger partial charge on any atom is 0.248 e. The molecule has 0 unspecified atom stereocenters. The van der Waals surface area contributed by atoms with E-state index in [4.69, 9.17) is 11.6 Å². The van der Waals surface area contributed by atoms with E-state index in [0.717, 1.165) is 17.1 Å². The number of benzene rings is 1. The van der Waals surface area contributed by atoms with Gasteiger partial charge in [-0.05, 0) is 24.6 Å². The first kappa shape index (κ1) is 15.9. The van der Waals surface area contributed by atoms with Crippen molar-refractivity contribution in [3.05, 3.63) is 39.1 Å². The molecule has 0 amide bonds. The first-order valence-electron chi connectivity index (χ1n) is 6.80. The average Bonchev–Trinajstić information content (AvgIpc) is 2.50. The minimum Gasteiger partial charge on any atom is -0.360 e. The van der Waals surface area contributed by atoms with Crippen LogP contribution >= 0.6 is 23.4 Å². The van der Waals surface area contributed by atoms with Crippen LogP contribution in [0.3, 0.4) is 0 Å². The molecular weight excluding hydrogens is 344 g/mol. The summed E-state index contributed by atoms with van der Waals surface area (Å²) in [7, 11) is -3.77. The highest BCUT2D eigenvalue weighted by molar-refractivity contribution is 7.99. The van der Waals surface area contributed by atoms with Crippen molar-refractivity contribution >= 4 is 44.3 Å². The summed E-state index contributed by atoms with van der Waals surface area (Å²) in [5, 5.41) is 0.741. The Bertz CT molecular complexity index is 887. The number of sulfonamides is 1. The standard InChI is InChI=1S/C14H15ClN2O3S2/c1-9-6-12-10(7-11(9)15)14(18)13(8-16-12)22(19,20)17-2-4-21-5-3-17/h6-8H,2-5H2,1H3,(H,16,18). The second-order valence-corrected chi connectivity index (χ2v) is 8.68. The minimum absolute atomic E-state index is 0.216. The third-order valence-corrected chi connectivity index (χ3v) is 6.97. The van der Waals surface area contributed by atoms with Gasteiger partial charge in [-0.3, -0.25) is 4.79 Å². The smallest absolute Gasteiger partial charge is 0.248 e. The Hall–Kier alpha value is -1.02. The molecule has 1 aromatic heterocycles. The van der Waals surface area contributed by atoms with Gasteiger partial charge in [-0.2, -0.15) is 16.1 Å². The van der Waals surface area contributed by atoms with E-state index in [0.29, 0.717) is 29.0 Å². The number of nitrogens with zero attached hydrogens (tertiary/aromatic N) is 1. The SMILES string of the molecule is Cc1cc2[nH]cc(S(=O)(=O)N3CCSCC3)c(=O)c2cc1Cl. The Morgan fingerprint density at radius 1 is 1.27 bits per heavy atom. The lowest BCUT2D eigenvalue weighted by Crippen LogP contribution is -2.39. The third-order valence-electron chi connectivity index (χ3n) is 3.71. The molecule has 1 aliphatic heterocycles. The summed E-state index contributed by atoms with van der Waals surface area (Å²) in [4.78, 5) is 15.3. The van der Waals surface area contributed by atoms with E-state index in [1.54, 1.807) is 17.8 Å². The molecule has 1 fully saturated rings. The Kier molecular flexibility index (Phi) is 4.24. The van der Waals surface area contributed by atoms with Crippen LogP contribution in [0, 0.1) is 6.92 Å². The van der Waals surface area contributed by atoms with Crippen molar-refractivity contribution in [3.8, 4) is 0 Å². The normalized spacial score (nSPS) is 17.0. The zero-order chi connectivity index (χ0) is 15.9. The summed E-state index contributed by atoms with van der Waals surface area (Å²) >= 11 is 7.77. The average molecular weight is 359 g/mol. The third kappa shape index (κ3) is 2.67. The van der Waals surface area contributed by atoms with Crippen LogP contribution in [0.4, 0.5) is 0 Å². The number of halogens is 1. The van der Waals surface area contributed by atoms with Gasteiger partial charge in [0.05, 0.1) is 0 Å². The van der Waals surface area contributed by atoms with Gasteiger partial charge >= 0.3 is 0 Å². The molecule has 22 heavy (non-hydrogen) atoms. The van der Waals surface area contributed by atoms with Crippen molar-refractivity contribution in [2.75, 3.05) is 24.6 Å². The van der Waals surface area contributed by atoms with E-state index >= 15 is 0 Å². The number of nitrogens with one attached hydrogen (secondary N) is 1. The molecule has 5 nitrogen and oxygen atoms in total. The number of H-pyrrole nitrogens is 1. The van der Waals surface area contributed by atoms with Gasteiger partial charge in [-0.15, -0.1) is 0 Å². The van der Waals surface area contributed by atoms with Crippen LogP contribution in [0.25, 0.3) is 10.9 Å². The number of aromatic amines is 1. The van der Waals surface area contributed by atoms with Gasteiger partial charge in [-0.25, -0.2) is 8.42 Å². The zero-order valence-corrected chi connectivity index (χ0v) is 14.3.